The number of carbonyl (C=O) groups is 2. The first-order valence-corrected chi connectivity index (χ1v) is 12.3. The molecular formula is C27H38N4O2. The Hall–Kier alpha value is -2.63. The van der Waals surface area contributed by atoms with Crippen LogP contribution in [-0.2, 0) is 16.8 Å². The van der Waals surface area contributed by atoms with E-state index in [4.69, 9.17) is 5.10 Å². The molecule has 33 heavy (non-hydrogen) atoms. The van der Waals surface area contributed by atoms with Crippen molar-refractivity contribution in [2.45, 2.75) is 104 Å². The topological polar surface area (TPSA) is 67.2 Å². The fraction of sp³-hybridized carbons (Fsp3) is 0.593. The molecule has 2 aromatic rings. The summed E-state index contributed by atoms with van der Waals surface area (Å²) in [6.07, 6.45) is 6.73. The summed E-state index contributed by atoms with van der Waals surface area (Å²) in [5.41, 5.74) is 3.05. The van der Waals surface area contributed by atoms with Gasteiger partial charge in [-0.3, -0.25) is 19.2 Å². The zero-order valence-corrected chi connectivity index (χ0v) is 21.0. The Morgan fingerprint density at radius 3 is 2.42 bits per heavy atom. The number of fused-ring (bicyclic) bond motifs is 1. The SMILES string of the molecule is Cc1cccc(N2C(=O)c3cc(C(C)(C)C)nn3CC2(C)C(=O)NC2CCCCCC2)c1C. The number of nitrogens with one attached hydrogen (secondary N) is 1. The largest absolute Gasteiger partial charge is 0.351 e. The normalized spacial score (nSPS) is 22.1. The highest BCUT2D eigenvalue weighted by Gasteiger charge is 2.50. The minimum atomic E-state index is -1.07. The monoisotopic (exact) mass is 450 g/mol. The Morgan fingerprint density at radius 1 is 1.12 bits per heavy atom. The Bertz CT molecular complexity index is 1060. The van der Waals surface area contributed by atoms with Gasteiger partial charge >= 0.3 is 0 Å². The summed E-state index contributed by atoms with van der Waals surface area (Å²) in [6.45, 7) is 12.5. The van der Waals surface area contributed by atoms with E-state index in [1.807, 2.05) is 45.0 Å². The van der Waals surface area contributed by atoms with E-state index in [9.17, 15) is 9.59 Å². The number of hydrogen-bond acceptors (Lipinski definition) is 3. The van der Waals surface area contributed by atoms with E-state index in [1.54, 1.807) is 9.58 Å². The van der Waals surface area contributed by atoms with Crippen molar-refractivity contribution in [2.75, 3.05) is 4.90 Å². The molecule has 6 nitrogen and oxygen atoms in total. The summed E-state index contributed by atoms with van der Waals surface area (Å²) < 4.78 is 1.75. The van der Waals surface area contributed by atoms with Crippen LogP contribution in [0.15, 0.2) is 24.3 Å². The highest BCUT2D eigenvalue weighted by Crippen LogP contribution is 2.37. The molecule has 0 saturated heterocycles. The fourth-order valence-corrected chi connectivity index (χ4v) is 5.07. The van der Waals surface area contributed by atoms with Gasteiger partial charge in [-0.25, -0.2) is 0 Å². The molecule has 1 unspecified atom stereocenters. The molecule has 0 bridgehead atoms. The van der Waals surface area contributed by atoms with Crippen molar-refractivity contribution in [3.05, 3.63) is 46.8 Å². The number of rotatable bonds is 3. The number of nitrogens with zero attached hydrogens (tertiary/aromatic N) is 3. The number of aromatic nitrogens is 2. The molecule has 1 aliphatic carbocycles. The number of amides is 2. The first kappa shape index (κ1) is 23.5. The molecule has 1 N–H and O–H groups in total. The van der Waals surface area contributed by atoms with Crippen LogP contribution < -0.4 is 10.2 Å². The molecule has 2 heterocycles. The minimum absolute atomic E-state index is 0.0953. The van der Waals surface area contributed by atoms with Crippen LogP contribution in [0.4, 0.5) is 5.69 Å². The number of aryl methyl sites for hydroxylation is 1. The van der Waals surface area contributed by atoms with Crippen LogP contribution in [0.25, 0.3) is 0 Å². The van der Waals surface area contributed by atoms with E-state index in [1.165, 1.54) is 12.8 Å². The third-order valence-corrected chi connectivity index (χ3v) is 7.42. The van der Waals surface area contributed by atoms with Crippen molar-refractivity contribution in [3.8, 4) is 0 Å². The van der Waals surface area contributed by atoms with Crippen LogP contribution in [0, 0.1) is 13.8 Å². The second kappa shape index (κ2) is 8.62. The molecule has 178 valence electrons. The Balaban J connectivity index is 1.79. The molecule has 1 atom stereocenters. The maximum atomic E-state index is 14.0. The fourth-order valence-electron chi connectivity index (χ4n) is 5.07. The van der Waals surface area contributed by atoms with Gasteiger partial charge in [0.05, 0.1) is 12.2 Å². The van der Waals surface area contributed by atoms with Gasteiger partial charge < -0.3 is 5.32 Å². The summed E-state index contributed by atoms with van der Waals surface area (Å²) in [4.78, 5) is 29.6. The zero-order chi connectivity index (χ0) is 24.0. The van der Waals surface area contributed by atoms with E-state index in [-0.39, 0.29) is 23.3 Å². The maximum absolute atomic E-state index is 14.0. The van der Waals surface area contributed by atoms with Crippen LogP contribution in [0.3, 0.4) is 0 Å². The molecule has 4 rings (SSSR count). The molecule has 1 aromatic carbocycles. The van der Waals surface area contributed by atoms with Gasteiger partial charge in [0.25, 0.3) is 5.91 Å². The summed E-state index contributed by atoms with van der Waals surface area (Å²) >= 11 is 0. The predicted octanol–water partition coefficient (Wildman–Crippen LogP) is 5.06. The van der Waals surface area contributed by atoms with Crippen molar-refractivity contribution >= 4 is 17.5 Å². The Kier molecular flexibility index (Phi) is 6.14. The lowest BCUT2D eigenvalue weighted by Crippen LogP contribution is -2.65. The van der Waals surface area contributed by atoms with Crippen molar-refractivity contribution in [1.82, 2.24) is 15.1 Å². The lowest BCUT2D eigenvalue weighted by Gasteiger charge is -2.44. The summed E-state index contributed by atoms with van der Waals surface area (Å²) in [7, 11) is 0. The lowest BCUT2D eigenvalue weighted by atomic mass is 9.90. The predicted molar refractivity (Wildman–Crippen MR) is 132 cm³/mol. The van der Waals surface area contributed by atoms with Crippen LogP contribution in [0.1, 0.15) is 93.5 Å². The molecule has 0 spiro atoms. The molecule has 0 radical (unpaired) electrons. The average Bonchev–Trinajstić information content (AvgIpc) is 3.01. The second-order valence-corrected chi connectivity index (χ2v) is 11.1. The number of benzene rings is 1. The van der Waals surface area contributed by atoms with Gasteiger partial charge in [0, 0.05) is 17.1 Å². The number of hydrogen-bond donors (Lipinski definition) is 1. The van der Waals surface area contributed by atoms with E-state index in [0.717, 1.165) is 48.2 Å². The average molecular weight is 451 g/mol. The van der Waals surface area contributed by atoms with Gasteiger partial charge in [0.15, 0.2) is 0 Å². The number of anilines is 1. The van der Waals surface area contributed by atoms with Crippen molar-refractivity contribution < 1.29 is 9.59 Å². The van der Waals surface area contributed by atoms with Gasteiger partial charge in [-0.1, -0.05) is 58.6 Å². The number of carbonyl (C=O) groups excluding carboxylic acids is 2. The van der Waals surface area contributed by atoms with E-state index in [2.05, 4.69) is 26.1 Å². The highest BCUT2D eigenvalue weighted by atomic mass is 16.2. The van der Waals surface area contributed by atoms with E-state index in [0.29, 0.717) is 12.2 Å². The maximum Gasteiger partial charge on any atom is 0.277 e. The van der Waals surface area contributed by atoms with Gasteiger partial charge in [0.2, 0.25) is 5.91 Å². The molecule has 1 saturated carbocycles. The summed E-state index contributed by atoms with van der Waals surface area (Å²) in [6, 6.07) is 8.01. The van der Waals surface area contributed by atoms with Crippen LogP contribution in [-0.4, -0.2) is 33.2 Å². The summed E-state index contributed by atoms with van der Waals surface area (Å²) in [5, 5.41) is 8.09. The van der Waals surface area contributed by atoms with Crippen molar-refractivity contribution in [3.63, 3.8) is 0 Å². The summed E-state index contributed by atoms with van der Waals surface area (Å²) in [5.74, 6) is -0.265. The first-order chi connectivity index (χ1) is 15.5. The Labute approximate surface area is 197 Å². The van der Waals surface area contributed by atoms with Crippen LogP contribution in [0.5, 0.6) is 0 Å². The third kappa shape index (κ3) is 4.32. The van der Waals surface area contributed by atoms with Crippen molar-refractivity contribution in [2.24, 2.45) is 0 Å². The minimum Gasteiger partial charge on any atom is -0.351 e. The Morgan fingerprint density at radius 2 is 1.79 bits per heavy atom. The zero-order valence-electron chi connectivity index (χ0n) is 21.0. The molecule has 2 aliphatic rings. The molecule has 1 aliphatic heterocycles. The van der Waals surface area contributed by atoms with Gasteiger partial charge in [-0.2, -0.15) is 5.10 Å². The lowest BCUT2D eigenvalue weighted by molar-refractivity contribution is -0.127. The van der Waals surface area contributed by atoms with E-state index >= 15 is 0 Å². The molecule has 1 fully saturated rings. The van der Waals surface area contributed by atoms with Gasteiger partial charge in [-0.15, -0.1) is 0 Å². The van der Waals surface area contributed by atoms with Crippen LogP contribution >= 0.6 is 0 Å². The molecule has 2 amide bonds. The molecule has 6 heteroatoms. The first-order valence-electron chi connectivity index (χ1n) is 12.3. The van der Waals surface area contributed by atoms with Crippen LogP contribution in [0.2, 0.25) is 0 Å². The second-order valence-electron chi connectivity index (χ2n) is 11.1. The van der Waals surface area contributed by atoms with Crippen molar-refractivity contribution in [1.29, 1.82) is 0 Å². The van der Waals surface area contributed by atoms with Gasteiger partial charge in [-0.05, 0) is 56.9 Å². The standard InChI is InChI=1S/C27H38N4O2/c1-18-12-11-15-21(19(18)2)31-24(32)22-16-23(26(3,4)5)29-30(22)17-27(31,6)25(33)28-20-13-9-7-8-10-14-20/h11-12,15-16,20H,7-10,13-14,17H2,1-6H3,(H,28,33). The third-order valence-electron chi connectivity index (χ3n) is 7.42. The highest BCUT2D eigenvalue weighted by molar-refractivity contribution is 6.12. The smallest absolute Gasteiger partial charge is 0.277 e. The quantitative estimate of drug-likeness (QED) is 0.665. The molecule has 1 aromatic heterocycles. The molecular weight excluding hydrogens is 412 g/mol. The van der Waals surface area contributed by atoms with E-state index < -0.39 is 5.54 Å². The van der Waals surface area contributed by atoms with Gasteiger partial charge in [0.1, 0.15) is 11.2 Å².